The van der Waals surface area contributed by atoms with Crippen LogP contribution in [-0.2, 0) is 46.4 Å². The lowest BCUT2D eigenvalue weighted by molar-refractivity contribution is -0.150. The fourth-order valence-electron chi connectivity index (χ4n) is 10.8. The van der Waals surface area contributed by atoms with Crippen LogP contribution in [0.25, 0.3) is 0 Å². The number of imide groups is 1. The van der Waals surface area contributed by atoms with E-state index < -0.39 is 10.8 Å². The van der Waals surface area contributed by atoms with Crippen molar-refractivity contribution in [3.8, 4) is 5.75 Å². The number of carbonyl (C=O) groups excluding carboxylic acids is 2. The summed E-state index contributed by atoms with van der Waals surface area (Å²) in [6, 6.07) is 23.5. The van der Waals surface area contributed by atoms with E-state index in [1.807, 2.05) is 18.2 Å². The van der Waals surface area contributed by atoms with Crippen LogP contribution in [0.1, 0.15) is 112 Å². The Labute approximate surface area is 281 Å². The first-order chi connectivity index (χ1) is 22.5. The summed E-state index contributed by atoms with van der Waals surface area (Å²) in [5, 5.41) is 3.10. The first-order valence-corrected chi connectivity index (χ1v) is 18.0. The van der Waals surface area contributed by atoms with Crippen molar-refractivity contribution in [1.82, 2.24) is 5.32 Å². The van der Waals surface area contributed by atoms with E-state index in [0.29, 0.717) is 13.2 Å². The zero-order valence-corrected chi connectivity index (χ0v) is 28.8. The Morgan fingerprint density at radius 3 is 1.85 bits per heavy atom. The fraction of sp³-hybridized carbons (Fsp3) is 0.524. The molecule has 0 saturated heterocycles. The van der Waals surface area contributed by atoms with Crippen molar-refractivity contribution >= 4 is 11.8 Å². The Morgan fingerprint density at radius 1 is 0.723 bits per heavy atom. The van der Waals surface area contributed by atoms with Gasteiger partial charge in [-0.05, 0) is 120 Å². The van der Waals surface area contributed by atoms with Crippen molar-refractivity contribution in [2.75, 3.05) is 0 Å². The summed E-state index contributed by atoms with van der Waals surface area (Å²) in [6.07, 6.45) is 9.46. The van der Waals surface area contributed by atoms with E-state index in [-0.39, 0.29) is 34.5 Å². The average Bonchev–Trinajstić information content (AvgIpc) is 3.07. The number of aryl methyl sites for hydroxylation is 2. The summed E-state index contributed by atoms with van der Waals surface area (Å²) in [5.74, 6) is 1.06. The number of rotatable bonds is 6. The molecular weight excluding hydrogens is 580 g/mol. The molecule has 4 aliphatic carbocycles. The van der Waals surface area contributed by atoms with Gasteiger partial charge in [-0.3, -0.25) is 14.9 Å². The van der Waals surface area contributed by atoms with E-state index in [4.69, 9.17) is 10.5 Å². The largest absolute Gasteiger partial charge is 0.489 e. The zero-order valence-electron chi connectivity index (χ0n) is 28.8. The summed E-state index contributed by atoms with van der Waals surface area (Å²) in [7, 11) is 0. The zero-order chi connectivity index (χ0) is 33.0. The van der Waals surface area contributed by atoms with E-state index in [2.05, 4.69) is 81.5 Å². The highest BCUT2D eigenvalue weighted by Gasteiger charge is 2.58. The summed E-state index contributed by atoms with van der Waals surface area (Å²) in [6.45, 7) is 10.0. The van der Waals surface area contributed by atoms with Crippen LogP contribution in [0.5, 0.6) is 5.75 Å². The quantitative estimate of drug-likeness (QED) is 0.269. The number of nitrogens with two attached hydrogens (primary N) is 1. The van der Waals surface area contributed by atoms with Crippen molar-refractivity contribution in [1.29, 1.82) is 0 Å². The lowest BCUT2D eigenvalue weighted by Crippen LogP contribution is -2.60. The van der Waals surface area contributed by atoms with Crippen molar-refractivity contribution in [2.24, 2.45) is 28.4 Å². The predicted octanol–water partition coefficient (Wildman–Crippen LogP) is 8.09. The molecule has 0 radical (unpaired) electrons. The van der Waals surface area contributed by atoms with Gasteiger partial charge in [0.15, 0.2) is 0 Å². The van der Waals surface area contributed by atoms with Crippen LogP contribution in [-0.4, -0.2) is 11.8 Å². The maximum Gasteiger partial charge on any atom is 0.232 e. The van der Waals surface area contributed by atoms with Gasteiger partial charge in [0.1, 0.15) is 12.4 Å². The highest BCUT2D eigenvalue weighted by Crippen LogP contribution is 2.59. The molecular formula is C42H52N2O3. The monoisotopic (exact) mass is 632 g/mol. The lowest BCUT2D eigenvalue weighted by atomic mass is 9.49. The molecule has 0 bridgehead atoms. The minimum absolute atomic E-state index is 0.0711. The summed E-state index contributed by atoms with van der Waals surface area (Å²) >= 11 is 0. The van der Waals surface area contributed by atoms with Gasteiger partial charge < -0.3 is 10.5 Å². The van der Waals surface area contributed by atoms with Gasteiger partial charge in [0.05, 0.1) is 10.8 Å². The first kappa shape index (κ1) is 32.1. The molecule has 248 valence electrons. The van der Waals surface area contributed by atoms with Crippen LogP contribution in [0, 0.1) is 22.7 Å². The molecule has 0 aliphatic heterocycles. The molecule has 0 unspecified atom stereocenters. The first-order valence-electron chi connectivity index (χ1n) is 18.0. The van der Waals surface area contributed by atoms with Crippen LogP contribution in [0.3, 0.4) is 0 Å². The molecule has 6 atom stereocenters. The number of nitrogens with one attached hydrogen (secondary N) is 1. The third-order valence-electron chi connectivity index (χ3n) is 13.5. The van der Waals surface area contributed by atoms with E-state index in [1.54, 1.807) is 0 Å². The number of fused-ring (bicyclic) bond motifs is 6. The van der Waals surface area contributed by atoms with E-state index in [0.717, 1.165) is 81.1 Å². The molecule has 3 N–H and O–H groups in total. The van der Waals surface area contributed by atoms with Crippen LogP contribution in [0.2, 0.25) is 0 Å². The minimum atomic E-state index is -0.620. The highest BCUT2D eigenvalue weighted by atomic mass is 16.5. The fourth-order valence-corrected chi connectivity index (χ4v) is 10.8. The molecule has 47 heavy (non-hydrogen) atoms. The molecule has 2 amide bonds. The van der Waals surface area contributed by atoms with E-state index >= 15 is 0 Å². The smallest absolute Gasteiger partial charge is 0.232 e. The van der Waals surface area contributed by atoms with Crippen molar-refractivity contribution in [3.05, 3.63) is 100 Å². The third-order valence-corrected chi connectivity index (χ3v) is 13.5. The maximum atomic E-state index is 14.5. The van der Waals surface area contributed by atoms with Gasteiger partial charge in [0, 0.05) is 6.54 Å². The summed E-state index contributed by atoms with van der Waals surface area (Å²) in [5.41, 5.74) is 12.3. The third kappa shape index (κ3) is 5.24. The molecule has 2 fully saturated rings. The Hall–Kier alpha value is -3.44. The molecule has 5 nitrogen and oxygen atoms in total. The number of hydrogen-bond acceptors (Lipinski definition) is 4. The molecule has 7 rings (SSSR count). The predicted molar refractivity (Wildman–Crippen MR) is 187 cm³/mol. The Morgan fingerprint density at radius 2 is 1.28 bits per heavy atom. The lowest BCUT2D eigenvalue weighted by Gasteiger charge is -2.56. The van der Waals surface area contributed by atoms with Crippen molar-refractivity contribution < 1.29 is 14.3 Å². The number of benzene rings is 3. The van der Waals surface area contributed by atoms with Gasteiger partial charge in [-0.2, -0.15) is 0 Å². The molecule has 0 spiro atoms. The van der Waals surface area contributed by atoms with Gasteiger partial charge in [0.2, 0.25) is 11.8 Å². The Kier molecular flexibility index (Phi) is 8.14. The highest BCUT2D eigenvalue weighted by molar-refractivity contribution is 6.00. The van der Waals surface area contributed by atoms with Gasteiger partial charge in [-0.25, -0.2) is 0 Å². The van der Waals surface area contributed by atoms with Gasteiger partial charge >= 0.3 is 0 Å². The van der Waals surface area contributed by atoms with Gasteiger partial charge in [0.25, 0.3) is 0 Å². The Bertz CT molecular complexity index is 1680. The van der Waals surface area contributed by atoms with Crippen LogP contribution >= 0.6 is 0 Å². The van der Waals surface area contributed by atoms with Gasteiger partial charge in [-0.1, -0.05) is 95.1 Å². The van der Waals surface area contributed by atoms with E-state index in [9.17, 15) is 9.59 Å². The van der Waals surface area contributed by atoms with E-state index in [1.165, 1.54) is 22.3 Å². The molecule has 3 aromatic rings. The Balaban J connectivity index is 1.12. The number of amides is 2. The molecule has 4 aliphatic rings. The molecule has 0 heterocycles. The van der Waals surface area contributed by atoms with Gasteiger partial charge in [-0.15, -0.1) is 0 Å². The van der Waals surface area contributed by atoms with Crippen LogP contribution < -0.4 is 15.8 Å². The second kappa shape index (κ2) is 11.9. The average molecular weight is 633 g/mol. The molecule has 5 heteroatoms. The van der Waals surface area contributed by atoms with Crippen molar-refractivity contribution in [2.45, 2.75) is 116 Å². The summed E-state index contributed by atoms with van der Waals surface area (Å²) in [4.78, 5) is 29.0. The topological polar surface area (TPSA) is 81.4 Å². The second-order valence-corrected chi connectivity index (χ2v) is 16.1. The standard InChI is InChI=1S/C42H52N2O3/c1-39-20-8-22-41(3,35(39)18-15-30-13-12-29(26-43)24-33(30)39)37(45)44-38(46)42(4)23-9-21-40(2)34-25-32(17-14-31(34)16-19-36(40)42)47-27-28-10-6-5-7-11-28/h5-7,10-14,17,24-25,35-36H,8-9,15-16,18-23,26-27,43H2,1-4H3,(H,44,45,46)/t35-,36-,39-,40-,41+,42+/m1/s1. The number of ether oxygens (including phenoxy) is 1. The second-order valence-electron chi connectivity index (χ2n) is 16.1. The SMILES string of the molecule is C[C@]1(C(=O)NC(=O)[C@@]2(C)CCC[C@]3(C)c4cc(OCc5ccccc5)ccc4CC[C@@H]23)CCC[C@]2(C)c3cc(CN)ccc3CC[C@@H]12. The molecule has 2 saturated carbocycles. The molecule has 0 aromatic heterocycles. The van der Waals surface area contributed by atoms with Crippen LogP contribution in [0.15, 0.2) is 66.7 Å². The minimum Gasteiger partial charge on any atom is -0.489 e. The number of carbonyl (C=O) groups is 2. The number of hydrogen-bond donors (Lipinski definition) is 2. The van der Waals surface area contributed by atoms with Crippen molar-refractivity contribution in [3.63, 3.8) is 0 Å². The van der Waals surface area contributed by atoms with Crippen LogP contribution in [0.4, 0.5) is 0 Å². The molecule has 3 aromatic carbocycles. The maximum absolute atomic E-state index is 14.5. The summed E-state index contributed by atoms with van der Waals surface area (Å²) < 4.78 is 6.27. The normalized spacial score (nSPS) is 32.6.